The SMILES string of the molecule is CCn1nc(C)cc1C(=O)Nc1nc2cc(C(N)=O)ccc2n1CCCOc1c(C(=O)CCC(=O)O)sc2cc(OC)c(OC)cc12. The number of aryl methyl sites for hydroxylation is 3. The Morgan fingerprint density at radius 2 is 1.79 bits per heavy atom. The highest BCUT2D eigenvalue weighted by Gasteiger charge is 2.23. The number of thiophene rings is 1. The van der Waals surface area contributed by atoms with Crippen LogP contribution in [-0.4, -0.2) is 68.8 Å². The number of imidazole rings is 1. The van der Waals surface area contributed by atoms with E-state index in [0.29, 0.717) is 74.1 Å². The summed E-state index contributed by atoms with van der Waals surface area (Å²) in [6.07, 6.45) is -0.0661. The first-order valence-electron chi connectivity index (χ1n) is 14.8. The molecule has 4 N–H and O–H groups in total. The number of carbonyl (C=O) groups is 4. The molecule has 0 unspecified atom stereocenters. The third kappa shape index (κ3) is 6.89. The molecule has 15 heteroatoms. The average molecular weight is 663 g/mol. The number of nitrogens with zero attached hydrogens (tertiary/aromatic N) is 4. The Labute approximate surface area is 273 Å². The van der Waals surface area contributed by atoms with E-state index in [1.54, 1.807) is 52.6 Å². The first-order valence-corrected chi connectivity index (χ1v) is 15.6. The van der Waals surface area contributed by atoms with Crippen molar-refractivity contribution in [2.45, 2.75) is 46.2 Å². The summed E-state index contributed by atoms with van der Waals surface area (Å²) in [7, 11) is 3.02. The summed E-state index contributed by atoms with van der Waals surface area (Å²) in [6, 6.07) is 10.0. The molecule has 2 amide bonds. The number of anilines is 1. The van der Waals surface area contributed by atoms with E-state index in [2.05, 4.69) is 15.4 Å². The van der Waals surface area contributed by atoms with Crippen LogP contribution in [0.4, 0.5) is 5.95 Å². The van der Waals surface area contributed by atoms with E-state index in [9.17, 15) is 19.2 Å². The molecule has 5 aromatic rings. The van der Waals surface area contributed by atoms with Crippen molar-refractivity contribution in [3.63, 3.8) is 0 Å². The number of hydrogen-bond donors (Lipinski definition) is 3. The van der Waals surface area contributed by atoms with Crippen molar-refractivity contribution >= 4 is 62.0 Å². The van der Waals surface area contributed by atoms with Gasteiger partial charge < -0.3 is 29.6 Å². The van der Waals surface area contributed by atoms with Crippen LogP contribution in [0.3, 0.4) is 0 Å². The van der Waals surface area contributed by atoms with Crippen LogP contribution in [0.1, 0.15) is 62.4 Å². The Morgan fingerprint density at radius 3 is 2.47 bits per heavy atom. The Morgan fingerprint density at radius 1 is 1.04 bits per heavy atom. The van der Waals surface area contributed by atoms with E-state index >= 15 is 0 Å². The van der Waals surface area contributed by atoms with Crippen LogP contribution in [0.15, 0.2) is 36.4 Å². The third-order valence-corrected chi connectivity index (χ3v) is 8.61. The van der Waals surface area contributed by atoms with Gasteiger partial charge in [0.1, 0.15) is 16.3 Å². The van der Waals surface area contributed by atoms with Gasteiger partial charge in [0.2, 0.25) is 11.9 Å². The van der Waals surface area contributed by atoms with Crippen molar-refractivity contribution in [2.75, 3.05) is 26.1 Å². The number of Topliss-reactive ketones (excluding diaryl/α,β-unsaturated/α-hetero) is 1. The van der Waals surface area contributed by atoms with Crippen LogP contribution in [-0.2, 0) is 17.9 Å². The van der Waals surface area contributed by atoms with Gasteiger partial charge in [0.25, 0.3) is 5.91 Å². The summed E-state index contributed by atoms with van der Waals surface area (Å²) in [6.45, 7) is 4.70. The van der Waals surface area contributed by atoms with E-state index in [1.165, 1.54) is 25.6 Å². The van der Waals surface area contributed by atoms with Crippen molar-refractivity contribution in [1.82, 2.24) is 19.3 Å². The monoisotopic (exact) mass is 662 g/mol. The molecule has 3 heterocycles. The normalized spacial score (nSPS) is 11.1. The van der Waals surface area contributed by atoms with Crippen molar-refractivity contribution in [2.24, 2.45) is 5.73 Å². The summed E-state index contributed by atoms with van der Waals surface area (Å²) in [4.78, 5) is 54.3. The number of rotatable bonds is 15. The summed E-state index contributed by atoms with van der Waals surface area (Å²) in [5.41, 5.74) is 7.97. The highest BCUT2D eigenvalue weighted by atomic mass is 32.1. The van der Waals surface area contributed by atoms with Gasteiger partial charge in [0.05, 0.1) is 44.0 Å². The molecule has 3 aromatic heterocycles. The molecular formula is C32H34N6O8S. The highest BCUT2D eigenvalue weighted by molar-refractivity contribution is 7.21. The molecular weight excluding hydrogens is 628 g/mol. The average Bonchev–Trinajstić information content (AvgIpc) is 3.72. The standard InChI is InChI=1S/C32H34N6O8S/c1-5-38-22(13-17(2)36-38)31(43)35-32-34-20-14-18(30(33)42)7-8-21(20)37(32)11-6-12-46-28-19-15-24(44-3)25(45-4)16-26(19)47-29(28)23(39)9-10-27(40)41/h7-8,13-16H,5-6,9-12H2,1-4H3,(H2,33,42)(H,40,41)(H,34,35,43). The molecule has 0 atom stereocenters. The topological polar surface area (TPSA) is 190 Å². The maximum absolute atomic E-state index is 13.3. The molecule has 0 aliphatic carbocycles. The summed E-state index contributed by atoms with van der Waals surface area (Å²) >= 11 is 1.19. The van der Waals surface area contributed by atoms with Crippen molar-refractivity contribution in [3.05, 3.63) is 58.2 Å². The zero-order valence-electron chi connectivity index (χ0n) is 26.3. The predicted octanol–water partition coefficient (Wildman–Crippen LogP) is 4.66. The number of nitrogens with one attached hydrogen (secondary N) is 1. The minimum Gasteiger partial charge on any atom is -0.493 e. The van der Waals surface area contributed by atoms with Gasteiger partial charge in [0.15, 0.2) is 17.3 Å². The van der Waals surface area contributed by atoms with Crippen LogP contribution >= 0.6 is 11.3 Å². The van der Waals surface area contributed by atoms with Crippen molar-refractivity contribution in [3.8, 4) is 17.2 Å². The molecule has 0 radical (unpaired) electrons. The van der Waals surface area contributed by atoms with Gasteiger partial charge in [-0.05, 0) is 50.6 Å². The summed E-state index contributed by atoms with van der Waals surface area (Å²) in [5, 5.41) is 17.0. The lowest BCUT2D eigenvalue weighted by molar-refractivity contribution is -0.136. The van der Waals surface area contributed by atoms with Gasteiger partial charge in [-0.1, -0.05) is 0 Å². The fourth-order valence-electron chi connectivity index (χ4n) is 5.20. The number of aliphatic carboxylic acids is 1. The number of aromatic nitrogens is 4. The predicted molar refractivity (Wildman–Crippen MR) is 175 cm³/mol. The number of carbonyl (C=O) groups excluding carboxylic acids is 3. The number of carboxylic acids is 1. The third-order valence-electron chi connectivity index (χ3n) is 7.43. The number of ether oxygens (including phenoxy) is 3. The van der Waals surface area contributed by atoms with Crippen LogP contribution in [0, 0.1) is 6.92 Å². The Kier molecular flexibility index (Phi) is 9.75. The molecule has 0 spiro atoms. The first kappa shape index (κ1) is 32.9. The smallest absolute Gasteiger partial charge is 0.303 e. The van der Waals surface area contributed by atoms with Gasteiger partial charge in [-0.2, -0.15) is 5.10 Å². The lowest BCUT2D eigenvalue weighted by Gasteiger charge is -2.12. The van der Waals surface area contributed by atoms with E-state index in [4.69, 9.17) is 25.1 Å². The second-order valence-electron chi connectivity index (χ2n) is 10.6. The van der Waals surface area contributed by atoms with E-state index in [-0.39, 0.29) is 36.7 Å². The molecule has 14 nitrogen and oxygen atoms in total. The molecule has 0 saturated carbocycles. The van der Waals surface area contributed by atoms with Gasteiger partial charge in [-0.15, -0.1) is 11.3 Å². The van der Waals surface area contributed by atoms with Crippen LogP contribution in [0.2, 0.25) is 0 Å². The lowest BCUT2D eigenvalue weighted by Crippen LogP contribution is -2.20. The number of nitrogens with two attached hydrogens (primary N) is 1. The quantitative estimate of drug-likeness (QED) is 0.105. The summed E-state index contributed by atoms with van der Waals surface area (Å²) in [5.74, 6) is -0.891. The molecule has 246 valence electrons. The second-order valence-corrected chi connectivity index (χ2v) is 11.6. The van der Waals surface area contributed by atoms with Gasteiger partial charge in [-0.3, -0.25) is 29.2 Å². The van der Waals surface area contributed by atoms with Crippen LogP contribution < -0.4 is 25.3 Å². The molecule has 0 fully saturated rings. The molecule has 0 saturated heterocycles. The Bertz CT molecular complexity index is 2010. The Hall–Kier alpha value is -5.44. The van der Waals surface area contributed by atoms with Gasteiger partial charge >= 0.3 is 5.97 Å². The number of amides is 2. The molecule has 0 aliphatic rings. The number of fused-ring (bicyclic) bond motifs is 2. The zero-order valence-corrected chi connectivity index (χ0v) is 27.1. The molecule has 5 rings (SSSR count). The van der Waals surface area contributed by atoms with E-state index < -0.39 is 17.8 Å². The van der Waals surface area contributed by atoms with Crippen LogP contribution in [0.25, 0.3) is 21.1 Å². The zero-order chi connectivity index (χ0) is 33.8. The number of primary amides is 1. The lowest BCUT2D eigenvalue weighted by atomic mass is 10.1. The molecule has 47 heavy (non-hydrogen) atoms. The largest absolute Gasteiger partial charge is 0.493 e. The van der Waals surface area contributed by atoms with Crippen molar-refractivity contribution in [1.29, 1.82) is 0 Å². The fraction of sp³-hybridized carbons (Fsp3) is 0.312. The summed E-state index contributed by atoms with van der Waals surface area (Å²) < 4.78 is 21.2. The van der Waals surface area contributed by atoms with Gasteiger partial charge in [0, 0.05) is 41.2 Å². The van der Waals surface area contributed by atoms with Crippen LogP contribution in [0.5, 0.6) is 17.2 Å². The minimum atomic E-state index is -1.07. The highest BCUT2D eigenvalue weighted by Crippen LogP contribution is 2.44. The number of carboxylic acid groups (broad SMARTS) is 1. The van der Waals surface area contributed by atoms with Crippen molar-refractivity contribution < 1.29 is 38.5 Å². The van der Waals surface area contributed by atoms with E-state index in [0.717, 1.165) is 0 Å². The number of hydrogen-bond acceptors (Lipinski definition) is 10. The number of methoxy groups -OCH3 is 2. The fourth-order valence-corrected chi connectivity index (χ4v) is 6.32. The van der Waals surface area contributed by atoms with Gasteiger partial charge in [-0.25, -0.2) is 4.98 Å². The maximum atomic E-state index is 13.3. The van der Waals surface area contributed by atoms with E-state index in [1.807, 2.05) is 6.92 Å². The maximum Gasteiger partial charge on any atom is 0.303 e. The number of benzene rings is 2. The first-order chi connectivity index (χ1) is 22.5. The second kappa shape index (κ2) is 13.9. The number of ketones is 1. The molecule has 0 bridgehead atoms. The minimum absolute atomic E-state index is 0.160. The Balaban J connectivity index is 1.43. The molecule has 2 aromatic carbocycles. The molecule has 0 aliphatic heterocycles.